The second-order valence-corrected chi connectivity index (χ2v) is 8.10. The molecule has 1 saturated carbocycles. The van der Waals surface area contributed by atoms with Gasteiger partial charge in [-0.15, -0.1) is 0 Å². The molecule has 0 spiro atoms. The molecular formula is C22H25N5O3. The average Bonchev–Trinajstić information content (AvgIpc) is 3.53. The van der Waals surface area contributed by atoms with E-state index in [4.69, 9.17) is 9.26 Å². The molecule has 0 radical (unpaired) electrons. The largest absolute Gasteiger partial charge is 0.497 e. The lowest BCUT2D eigenvalue weighted by atomic mass is 9.94. The van der Waals surface area contributed by atoms with E-state index in [1.165, 1.54) is 19.3 Å². The number of aromatic amines is 1. The van der Waals surface area contributed by atoms with Crippen molar-refractivity contribution in [2.24, 2.45) is 0 Å². The zero-order valence-electron chi connectivity index (χ0n) is 17.0. The Morgan fingerprint density at radius 1 is 1.20 bits per heavy atom. The third-order valence-corrected chi connectivity index (χ3v) is 6.15. The molecule has 1 atom stereocenters. The van der Waals surface area contributed by atoms with Crippen LogP contribution >= 0.6 is 0 Å². The van der Waals surface area contributed by atoms with Crippen molar-refractivity contribution < 1.29 is 14.1 Å². The van der Waals surface area contributed by atoms with Gasteiger partial charge in [0.2, 0.25) is 5.91 Å². The van der Waals surface area contributed by atoms with Gasteiger partial charge in [0.15, 0.2) is 5.82 Å². The lowest BCUT2D eigenvalue weighted by Crippen LogP contribution is -2.37. The smallest absolute Gasteiger partial charge is 0.275 e. The molecule has 1 N–H and O–H groups in total. The molecule has 5 rings (SSSR count). The Bertz CT molecular complexity index is 1040. The maximum absolute atomic E-state index is 12.6. The van der Waals surface area contributed by atoms with Crippen LogP contribution in [0.5, 0.6) is 5.75 Å². The zero-order valence-corrected chi connectivity index (χ0v) is 17.0. The fraction of sp³-hybridized carbons (Fsp3) is 0.455. The van der Waals surface area contributed by atoms with E-state index in [1.807, 2.05) is 35.2 Å². The van der Waals surface area contributed by atoms with E-state index in [0.29, 0.717) is 36.4 Å². The summed E-state index contributed by atoms with van der Waals surface area (Å²) in [5.74, 6) is 1.94. The number of carbonyl (C=O) groups excluding carboxylic acids is 1. The maximum atomic E-state index is 12.6. The first-order chi connectivity index (χ1) is 14.7. The molecule has 8 nitrogen and oxygen atoms in total. The number of hydrogen-bond donors (Lipinski definition) is 1. The number of carbonyl (C=O) groups is 1. The summed E-state index contributed by atoms with van der Waals surface area (Å²) in [5.41, 5.74) is 2.35. The van der Waals surface area contributed by atoms with Gasteiger partial charge in [0.25, 0.3) is 5.89 Å². The highest BCUT2D eigenvalue weighted by atomic mass is 16.5. The molecule has 8 heteroatoms. The number of rotatable bonds is 5. The van der Waals surface area contributed by atoms with Gasteiger partial charge in [-0.1, -0.05) is 36.6 Å². The van der Waals surface area contributed by atoms with Crippen LogP contribution in [0.4, 0.5) is 0 Å². The standard InChI is InChI=1S/C22H25N5O3/c1-29-17-9-5-6-14(10-17)18-12-19(25-24-18)22-23-21(26-30-22)15-11-20(28)27(13-15)16-7-3-2-4-8-16/h5-6,9-10,12,15-16H,2-4,7-8,11,13H2,1H3,(H,24,25)/t15-/m1/s1. The van der Waals surface area contributed by atoms with Gasteiger partial charge in [0, 0.05) is 30.5 Å². The molecule has 2 aromatic heterocycles. The number of hydrogen-bond acceptors (Lipinski definition) is 6. The lowest BCUT2D eigenvalue weighted by molar-refractivity contribution is -0.130. The van der Waals surface area contributed by atoms with Crippen molar-refractivity contribution in [3.63, 3.8) is 0 Å². The Hall–Kier alpha value is -3.16. The third kappa shape index (κ3) is 3.58. The van der Waals surface area contributed by atoms with Gasteiger partial charge in [-0.05, 0) is 31.0 Å². The fourth-order valence-corrected chi connectivity index (χ4v) is 4.52. The predicted octanol–water partition coefficient (Wildman–Crippen LogP) is 3.78. The van der Waals surface area contributed by atoms with Crippen molar-refractivity contribution in [2.75, 3.05) is 13.7 Å². The van der Waals surface area contributed by atoms with Crippen molar-refractivity contribution >= 4 is 5.91 Å². The molecule has 3 aromatic rings. The minimum absolute atomic E-state index is 0.0160. The first-order valence-electron chi connectivity index (χ1n) is 10.5. The van der Waals surface area contributed by atoms with Crippen LogP contribution in [-0.2, 0) is 4.79 Å². The topological polar surface area (TPSA) is 97.1 Å². The van der Waals surface area contributed by atoms with E-state index in [1.54, 1.807) is 7.11 Å². The molecule has 1 aromatic carbocycles. The number of aromatic nitrogens is 4. The van der Waals surface area contributed by atoms with Crippen LogP contribution < -0.4 is 4.74 Å². The summed E-state index contributed by atoms with van der Waals surface area (Å²) in [7, 11) is 1.64. The molecule has 1 amide bonds. The average molecular weight is 407 g/mol. The van der Waals surface area contributed by atoms with Crippen LogP contribution in [0.15, 0.2) is 34.9 Å². The number of ether oxygens (including phenoxy) is 1. The maximum Gasteiger partial charge on any atom is 0.275 e. The monoisotopic (exact) mass is 407 g/mol. The normalized spacial score (nSPS) is 20.1. The van der Waals surface area contributed by atoms with Crippen molar-refractivity contribution in [1.82, 2.24) is 25.2 Å². The van der Waals surface area contributed by atoms with Crippen LogP contribution in [0, 0.1) is 0 Å². The molecule has 0 bridgehead atoms. The van der Waals surface area contributed by atoms with E-state index in [-0.39, 0.29) is 11.8 Å². The molecule has 2 aliphatic rings. The highest BCUT2D eigenvalue weighted by molar-refractivity contribution is 5.80. The minimum atomic E-state index is -0.0160. The number of nitrogens with zero attached hydrogens (tertiary/aromatic N) is 4. The zero-order chi connectivity index (χ0) is 20.5. The molecule has 1 aliphatic carbocycles. The SMILES string of the molecule is COc1cccc(-c2cc(-c3nc([C@@H]4CC(=O)N(C5CCCCC5)C4)no3)[nH]n2)c1. The Morgan fingerprint density at radius 2 is 2.07 bits per heavy atom. The first kappa shape index (κ1) is 18.8. The van der Waals surface area contributed by atoms with E-state index in [0.717, 1.165) is 29.8 Å². The first-order valence-corrected chi connectivity index (χ1v) is 10.5. The number of likely N-dealkylation sites (tertiary alicyclic amines) is 1. The Kier molecular flexibility index (Phi) is 4.98. The van der Waals surface area contributed by atoms with Crippen molar-refractivity contribution in [2.45, 2.75) is 50.5 Å². The predicted molar refractivity (Wildman–Crippen MR) is 110 cm³/mol. The molecule has 1 aliphatic heterocycles. The Labute approximate surface area is 174 Å². The van der Waals surface area contributed by atoms with Crippen LogP contribution in [-0.4, -0.2) is 50.8 Å². The Balaban J connectivity index is 1.31. The van der Waals surface area contributed by atoms with Gasteiger partial charge in [0.1, 0.15) is 11.4 Å². The number of amides is 1. The van der Waals surface area contributed by atoms with Crippen molar-refractivity contribution in [3.05, 3.63) is 36.2 Å². The molecule has 3 heterocycles. The summed E-state index contributed by atoms with van der Waals surface area (Å²) >= 11 is 0. The summed E-state index contributed by atoms with van der Waals surface area (Å²) in [5, 5.41) is 11.5. The Morgan fingerprint density at radius 3 is 2.90 bits per heavy atom. The highest BCUT2D eigenvalue weighted by Crippen LogP contribution is 2.33. The number of nitrogens with one attached hydrogen (secondary N) is 1. The molecule has 30 heavy (non-hydrogen) atoms. The second kappa shape index (κ2) is 7.93. The van der Waals surface area contributed by atoms with Crippen LogP contribution in [0.25, 0.3) is 22.8 Å². The van der Waals surface area contributed by atoms with E-state index in [2.05, 4.69) is 20.3 Å². The molecule has 1 saturated heterocycles. The summed E-state index contributed by atoms with van der Waals surface area (Å²) in [6, 6.07) is 9.94. The highest BCUT2D eigenvalue weighted by Gasteiger charge is 2.37. The van der Waals surface area contributed by atoms with Crippen molar-refractivity contribution in [3.8, 4) is 28.6 Å². The van der Waals surface area contributed by atoms with Crippen molar-refractivity contribution in [1.29, 1.82) is 0 Å². The van der Waals surface area contributed by atoms with E-state index < -0.39 is 0 Å². The van der Waals surface area contributed by atoms with Gasteiger partial charge < -0.3 is 14.2 Å². The van der Waals surface area contributed by atoms with Gasteiger partial charge in [-0.3, -0.25) is 9.89 Å². The van der Waals surface area contributed by atoms with Crippen LogP contribution in [0.1, 0.15) is 50.3 Å². The van der Waals surface area contributed by atoms with E-state index >= 15 is 0 Å². The second-order valence-electron chi connectivity index (χ2n) is 8.10. The summed E-state index contributed by atoms with van der Waals surface area (Å²) in [6.07, 6.45) is 6.36. The molecule has 2 fully saturated rings. The number of H-pyrrole nitrogens is 1. The van der Waals surface area contributed by atoms with Gasteiger partial charge in [-0.25, -0.2) is 0 Å². The summed E-state index contributed by atoms with van der Waals surface area (Å²) in [6.45, 7) is 0.681. The van der Waals surface area contributed by atoms with Crippen LogP contribution in [0.2, 0.25) is 0 Å². The minimum Gasteiger partial charge on any atom is -0.497 e. The number of benzene rings is 1. The lowest BCUT2D eigenvalue weighted by Gasteiger charge is -2.31. The van der Waals surface area contributed by atoms with Gasteiger partial charge in [-0.2, -0.15) is 10.1 Å². The number of methoxy groups -OCH3 is 1. The fourth-order valence-electron chi connectivity index (χ4n) is 4.52. The molecule has 0 unspecified atom stereocenters. The van der Waals surface area contributed by atoms with Crippen LogP contribution in [0.3, 0.4) is 0 Å². The van der Waals surface area contributed by atoms with E-state index in [9.17, 15) is 4.79 Å². The third-order valence-electron chi connectivity index (χ3n) is 6.15. The molecule has 156 valence electrons. The summed E-state index contributed by atoms with van der Waals surface area (Å²) < 4.78 is 10.8. The summed E-state index contributed by atoms with van der Waals surface area (Å²) in [4.78, 5) is 19.2. The van der Waals surface area contributed by atoms with Gasteiger partial charge >= 0.3 is 0 Å². The van der Waals surface area contributed by atoms with Gasteiger partial charge in [0.05, 0.1) is 12.8 Å². The quantitative estimate of drug-likeness (QED) is 0.691. The molecular weight excluding hydrogens is 382 g/mol.